The molecule has 2 rings (SSSR count). The summed E-state index contributed by atoms with van der Waals surface area (Å²) < 4.78 is 0. The van der Waals surface area contributed by atoms with E-state index in [0.29, 0.717) is 17.4 Å². The summed E-state index contributed by atoms with van der Waals surface area (Å²) in [5, 5.41) is 3.53. The Bertz CT molecular complexity index is 425. The lowest BCUT2D eigenvalue weighted by atomic mass is 9.87. The molecule has 0 unspecified atom stereocenters. The molecular formula is C15H20ClNO. The Morgan fingerprint density at radius 2 is 2.06 bits per heavy atom. The van der Waals surface area contributed by atoms with Crippen molar-refractivity contribution in [1.29, 1.82) is 0 Å². The van der Waals surface area contributed by atoms with E-state index in [1.165, 1.54) is 32.1 Å². The summed E-state index contributed by atoms with van der Waals surface area (Å²) in [7, 11) is 0. The first kappa shape index (κ1) is 13.4. The van der Waals surface area contributed by atoms with E-state index in [1.54, 1.807) is 0 Å². The monoisotopic (exact) mass is 265 g/mol. The maximum Gasteiger partial charge on any atom is 0.224 e. The van der Waals surface area contributed by atoms with E-state index < -0.39 is 0 Å². The van der Waals surface area contributed by atoms with Crippen molar-refractivity contribution >= 4 is 23.2 Å². The Balaban J connectivity index is 1.90. The quantitative estimate of drug-likeness (QED) is 0.853. The molecular weight excluding hydrogens is 246 g/mol. The Morgan fingerprint density at radius 1 is 1.33 bits per heavy atom. The van der Waals surface area contributed by atoms with Crippen LogP contribution in [-0.2, 0) is 4.79 Å². The molecule has 0 heterocycles. The van der Waals surface area contributed by atoms with Gasteiger partial charge in [0, 0.05) is 6.42 Å². The predicted molar refractivity (Wildman–Crippen MR) is 76.0 cm³/mol. The lowest BCUT2D eigenvalue weighted by Crippen LogP contribution is -2.18. The molecule has 1 saturated carbocycles. The van der Waals surface area contributed by atoms with Crippen molar-refractivity contribution < 1.29 is 4.79 Å². The third-order valence-corrected chi connectivity index (χ3v) is 3.91. The standard InChI is InChI=1S/C15H20ClNO/c1-11-7-8-14(13(16)9-11)17-15(18)10-12-5-3-2-4-6-12/h7-9,12H,2-6,10H2,1H3,(H,17,18). The number of hydrogen-bond donors (Lipinski definition) is 1. The van der Waals surface area contributed by atoms with Gasteiger partial charge in [-0.25, -0.2) is 0 Å². The number of halogens is 1. The van der Waals surface area contributed by atoms with Crippen molar-refractivity contribution in [3.63, 3.8) is 0 Å². The Morgan fingerprint density at radius 3 is 2.72 bits per heavy atom. The van der Waals surface area contributed by atoms with Crippen LogP contribution in [0, 0.1) is 12.8 Å². The Kier molecular flexibility index (Phi) is 4.65. The number of benzene rings is 1. The van der Waals surface area contributed by atoms with Crippen LogP contribution >= 0.6 is 11.6 Å². The number of nitrogens with one attached hydrogen (secondary N) is 1. The zero-order chi connectivity index (χ0) is 13.0. The molecule has 1 N–H and O–H groups in total. The molecule has 1 fully saturated rings. The third-order valence-electron chi connectivity index (χ3n) is 3.60. The maximum atomic E-state index is 11.9. The van der Waals surface area contributed by atoms with Crippen molar-refractivity contribution in [2.45, 2.75) is 45.4 Å². The minimum absolute atomic E-state index is 0.0904. The average molecular weight is 266 g/mol. The largest absolute Gasteiger partial charge is 0.325 e. The van der Waals surface area contributed by atoms with Gasteiger partial charge in [-0.3, -0.25) is 4.79 Å². The molecule has 2 nitrogen and oxygen atoms in total. The number of amides is 1. The summed E-state index contributed by atoms with van der Waals surface area (Å²) in [5.41, 5.74) is 1.83. The number of carbonyl (C=O) groups excluding carboxylic acids is 1. The molecule has 0 radical (unpaired) electrons. The van der Waals surface area contributed by atoms with Crippen LogP contribution in [-0.4, -0.2) is 5.91 Å². The molecule has 1 aromatic carbocycles. The molecule has 0 saturated heterocycles. The van der Waals surface area contributed by atoms with Gasteiger partial charge in [-0.05, 0) is 43.4 Å². The van der Waals surface area contributed by atoms with Crippen LogP contribution in [0.1, 0.15) is 44.1 Å². The average Bonchev–Trinajstić information content (AvgIpc) is 2.34. The van der Waals surface area contributed by atoms with Crippen LogP contribution in [0.3, 0.4) is 0 Å². The van der Waals surface area contributed by atoms with Crippen molar-refractivity contribution in [2.24, 2.45) is 5.92 Å². The second-order valence-corrected chi connectivity index (χ2v) is 5.65. The van der Waals surface area contributed by atoms with Crippen LogP contribution in [0.2, 0.25) is 5.02 Å². The number of anilines is 1. The molecule has 0 bridgehead atoms. The molecule has 1 aromatic rings. The van der Waals surface area contributed by atoms with E-state index >= 15 is 0 Å². The van der Waals surface area contributed by atoms with Gasteiger partial charge < -0.3 is 5.32 Å². The van der Waals surface area contributed by atoms with Crippen molar-refractivity contribution in [1.82, 2.24) is 0 Å². The molecule has 18 heavy (non-hydrogen) atoms. The van der Waals surface area contributed by atoms with E-state index in [0.717, 1.165) is 11.3 Å². The van der Waals surface area contributed by atoms with Gasteiger partial charge in [-0.2, -0.15) is 0 Å². The fourth-order valence-electron chi connectivity index (χ4n) is 2.58. The van der Waals surface area contributed by atoms with Gasteiger partial charge in [0.05, 0.1) is 10.7 Å². The summed E-state index contributed by atoms with van der Waals surface area (Å²) in [5.74, 6) is 0.649. The fraction of sp³-hybridized carbons (Fsp3) is 0.533. The van der Waals surface area contributed by atoms with Crippen LogP contribution in [0.4, 0.5) is 5.69 Å². The maximum absolute atomic E-state index is 11.9. The van der Waals surface area contributed by atoms with E-state index in [2.05, 4.69) is 5.32 Å². The number of aryl methyl sites for hydroxylation is 1. The van der Waals surface area contributed by atoms with Gasteiger partial charge in [0.1, 0.15) is 0 Å². The summed E-state index contributed by atoms with van der Waals surface area (Å²) >= 11 is 6.10. The molecule has 1 aliphatic carbocycles. The third kappa shape index (κ3) is 3.74. The minimum atomic E-state index is 0.0904. The minimum Gasteiger partial charge on any atom is -0.325 e. The molecule has 0 aliphatic heterocycles. The number of hydrogen-bond acceptors (Lipinski definition) is 1. The van der Waals surface area contributed by atoms with Gasteiger partial charge in [0.25, 0.3) is 0 Å². The Hall–Kier alpha value is -1.02. The fourth-order valence-corrected chi connectivity index (χ4v) is 2.86. The van der Waals surface area contributed by atoms with Gasteiger partial charge in [-0.15, -0.1) is 0 Å². The lowest BCUT2D eigenvalue weighted by Gasteiger charge is -2.21. The van der Waals surface area contributed by atoms with Gasteiger partial charge in [0.2, 0.25) is 5.91 Å². The Labute approximate surface area is 114 Å². The summed E-state index contributed by atoms with van der Waals surface area (Å²) in [6.07, 6.45) is 6.86. The number of rotatable bonds is 3. The normalized spacial score (nSPS) is 16.6. The zero-order valence-electron chi connectivity index (χ0n) is 10.8. The highest BCUT2D eigenvalue weighted by Gasteiger charge is 2.17. The van der Waals surface area contributed by atoms with E-state index in [-0.39, 0.29) is 5.91 Å². The van der Waals surface area contributed by atoms with E-state index in [1.807, 2.05) is 25.1 Å². The zero-order valence-corrected chi connectivity index (χ0v) is 11.6. The first-order valence-corrected chi connectivity index (χ1v) is 7.09. The smallest absolute Gasteiger partial charge is 0.224 e. The molecule has 0 aromatic heterocycles. The second kappa shape index (κ2) is 6.24. The number of carbonyl (C=O) groups is 1. The highest BCUT2D eigenvalue weighted by atomic mass is 35.5. The van der Waals surface area contributed by atoms with Crippen molar-refractivity contribution in [3.8, 4) is 0 Å². The second-order valence-electron chi connectivity index (χ2n) is 5.24. The van der Waals surface area contributed by atoms with Crippen molar-refractivity contribution in [3.05, 3.63) is 28.8 Å². The van der Waals surface area contributed by atoms with Crippen molar-refractivity contribution in [2.75, 3.05) is 5.32 Å². The molecule has 1 amide bonds. The first-order chi connectivity index (χ1) is 8.65. The summed E-state index contributed by atoms with van der Waals surface area (Å²) in [6.45, 7) is 1.99. The summed E-state index contributed by atoms with van der Waals surface area (Å²) in [6, 6.07) is 5.70. The van der Waals surface area contributed by atoms with E-state index in [9.17, 15) is 4.79 Å². The van der Waals surface area contributed by atoms with Gasteiger partial charge in [-0.1, -0.05) is 36.9 Å². The molecule has 0 spiro atoms. The van der Waals surface area contributed by atoms with Crippen LogP contribution in [0.5, 0.6) is 0 Å². The molecule has 98 valence electrons. The van der Waals surface area contributed by atoms with E-state index in [4.69, 9.17) is 11.6 Å². The topological polar surface area (TPSA) is 29.1 Å². The highest BCUT2D eigenvalue weighted by molar-refractivity contribution is 6.33. The van der Waals surface area contributed by atoms with Crippen LogP contribution in [0.25, 0.3) is 0 Å². The first-order valence-electron chi connectivity index (χ1n) is 6.71. The summed E-state index contributed by atoms with van der Waals surface area (Å²) in [4.78, 5) is 11.9. The van der Waals surface area contributed by atoms with Crippen LogP contribution in [0.15, 0.2) is 18.2 Å². The SMILES string of the molecule is Cc1ccc(NC(=O)CC2CCCCC2)c(Cl)c1. The lowest BCUT2D eigenvalue weighted by molar-refractivity contribution is -0.117. The molecule has 3 heteroatoms. The molecule has 0 atom stereocenters. The molecule has 1 aliphatic rings. The van der Waals surface area contributed by atoms with Crippen LogP contribution < -0.4 is 5.32 Å². The van der Waals surface area contributed by atoms with Gasteiger partial charge in [0.15, 0.2) is 0 Å². The van der Waals surface area contributed by atoms with Gasteiger partial charge >= 0.3 is 0 Å². The predicted octanol–water partition coefficient (Wildman–Crippen LogP) is 4.56. The highest BCUT2D eigenvalue weighted by Crippen LogP contribution is 2.28.